The summed E-state index contributed by atoms with van der Waals surface area (Å²) in [6, 6.07) is 12.4. The van der Waals surface area contributed by atoms with Gasteiger partial charge in [0.15, 0.2) is 0 Å². The predicted octanol–water partition coefficient (Wildman–Crippen LogP) is 3.07. The number of nitrogens with one attached hydrogen (secondary N) is 2. The van der Waals surface area contributed by atoms with E-state index in [2.05, 4.69) is 20.3 Å². The smallest absolute Gasteiger partial charge is 0.271 e. The molecular formula is C20H21ClN4O3. The third-order valence-electron chi connectivity index (χ3n) is 4.17. The highest BCUT2D eigenvalue weighted by Crippen LogP contribution is 2.21. The Morgan fingerprint density at radius 2 is 2.07 bits per heavy atom. The van der Waals surface area contributed by atoms with E-state index >= 15 is 0 Å². The van der Waals surface area contributed by atoms with Gasteiger partial charge >= 0.3 is 0 Å². The van der Waals surface area contributed by atoms with Crippen LogP contribution < -0.4 is 10.1 Å². The summed E-state index contributed by atoms with van der Waals surface area (Å²) in [6.07, 6.45) is 2.60. The number of hydrogen-bond donors (Lipinski definition) is 3. The SMILES string of the molecule is C[C@H](O)[C@@H](CCOc1cccc(-c2ccc(Cl)cc2)n1)NC(=O)c1c[nH]cn1. The van der Waals surface area contributed by atoms with Crippen molar-refractivity contribution in [1.82, 2.24) is 20.3 Å². The van der Waals surface area contributed by atoms with Gasteiger partial charge in [-0.15, -0.1) is 0 Å². The quantitative estimate of drug-likeness (QED) is 0.539. The van der Waals surface area contributed by atoms with Crippen molar-refractivity contribution in [3.8, 4) is 17.1 Å². The average molecular weight is 401 g/mol. The van der Waals surface area contributed by atoms with Crippen molar-refractivity contribution in [1.29, 1.82) is 0 Å². The zero-order chi connectivity index (χ0) is 19.9. The Hall–Kier alpha value is -2.90. The highest BCUT2D eigenvalue weighted by atomic mass is 35.5. The molecule has 1 amide bonds. The molecule has 0 unspecified atom stereocenters. The van der Waals surface area contributed by atoms with Crippen molar-refractivity contribution in [2.24, 2.45) is 0 Å². The minimum atomic E-state index is -0.736. The molecule has 0 bridgehead atoms. The van der Waals surface area contributed by atoms with Crippen molar-refractivity contribution < 1.29 is 14.6 Å². The number of aliphatic hydroxyl groups excluding tert-OH is 1. The molecule has 8 heteroatoms. The van der Waals surface area contributed by atoms with Gasteiger partial charge in [0.05, 0.1) is 30.8 Å². The van der Waals surface area contributed by atoms with Crippen molar-refractivity contribution in [3.05, 3.63) is 65.7 Å². The van der Waals surface area contributed by atoms with Crippen molar-refractivity contribution in [2.45, 2.75) is 25.5 Å². The lowest BCUT2D eigenvalue weighted by molar-refractivity contribution is 0.0826. The van der Waals surface area contributed by atoms with Crippen LogP contribution >= 0.6 is 11.6 Å². The summed E-state index contributed by atoms with van der Waals surface area (Å²) in [5.41, 5.74) is 1.97. The molecule has 28 heavy (non-hydrogen) atoms. The summed E-state index contributed by atoms with van der Waals surface area (Å²) in [7, 11) is 0. The number of ether oxygens (including phenoxy) is 1. The van der Waals surface area contributed by atoms with Gasteiger partial charge in [-0.3, -0.25) is 4.79 Å². The number of H-pyrrole nitrogens is 1. The molecule has 0 aliphatic heterocycles. The number of hydrogen-bond acceptors (Lipinski definition) is 5. The van der Waals surface area contributed by atoms with Gasteiger partial charge in [0, 0.05) is 29.3 Å². The van der Waals surface area contributed by atoms with E-state index in [-0.39, 0.29) is 18.2 Å². The Kier molecular flexibility index (Phi) is 6.62. The summed E-state index contributed by atoms with van der Waals surface area (Å²) >= 11 is 5.92. The Bertz CT molecular complexity index is 898. The molecule has 3 aromatic rings. The van der Waals surface area contributed by atoms with Gasteiger partial charge in [-0.25, -0.2) is 9.97 Å². The predicted molar refractivity (Wildman–Crippen MR) is 106 cm³/mol. The number of amides is 1. The fourth-order valence-corrected chi connectivity index (χ4v) is 2.75. The van der Waals surface area contributed by atoms with Crippen LogP contribution in [0.25, 0.3) is 11.3 Å². The molecule has 0 saturated carbocycles. The number of aromatic nitrogens is 3. The van der Waals surface area contributed by atoms with Crippen LogP contribution in [0.5, 0.6) is 5.88 Å². The molecule has 2 atom stereocenters. The number of imidazole rings is 1. The molecule has 3 rings (SSSR count). The fraction of sp³-hybridized carbons (Fsp3) is 0.250. The number of aliphatic hydroxyl groups is 1. The Labute approximate surface area is 167 Å². The molecule has 3 N–H and O–H groups in total. The first-order valence-electron chi connectivity index (χ1n) is 8.86. The van der Waals surface area contributed by atoms with Gasteiger partial charge in [-0.05, 0) is 25.1 Å². The molecule has 7 nitrogen and oxygen atoms in total. The minimum Gasteiger partial charge on any atom is -0.478 e. The average Bonchev–Trinajstić information content (AvgIpc) is 3.23. The molecule has 0 fully saturated rings. The number of pyridine rings is 1. The van der Waals surface area contributed by atoms with E-state index in [1.165, 1.54) is 12.5 Å². The van der Waals surface area contributed by atoms with Gasteiger partial charge in [0.25, 0.3) is 5.91 Å². The monoisotopic (exact) mass is 400 g/mol. The van der Waals surface area contributed by atoms with Crippen LogP contribution in [-0.2, 0) is 0 Å². The second kappa shape index (κ2) is 9.34. The Balaban J connectivity index is 1.57. The first-order valence-corrected chi connectivity index (χ1v) is 9.24. The highest BCUT2D eigenvalue weighted by Gasteiger charge is 2.19. The van der Waals surface area contributed by atoms with E-state index in [1.807, 2.05) is 24.3 Å². The van der Waals surface area contributed by atoms with Crippen LogP contribution in [0.1, 0.15) is 23.8 Å². The molecule has 0 radical (unpaired) electrons. The molecular weight excluding hydrogens is 380 g/mol. The van der Waals surface area contributed by atoms with Gasteiger partial charge in [0.1, 0.15) is 5.69 Å². The maximum absolute atomic E-state index is 12.1. The maximum atomic E-state index is 12.1. The molecule has 0 aliphatic carbocycles. The van der Waals surface area contributed by atoms with Crippen molar-refractivity contribution in [3.63, 3.8) is 0 Å². The number of halogens is 1. The summed E-state index contributed by atoms with van der Waals surface area (Å²) in [4.78, 5) is 23.2. The molecule has 0 aliphatic rings. The zero-order valence-corrected chi connectivity index (χ0v) is 16.1. The molecule has 2 aromatic heterocycles. The number of carbonyl (C=O) groups excluding carboxylic acids is 1. The summed E-state index contributed by atoms with van der Waals surface area (Å²) < 4.78 is 5.72. The van der Waals surface area contributed by atoms with Crippen LogP contribution in [0.4, 0.5) is 0 Å². The van der Waals surface area contributed by atoms with Crippen LogP contribution in [0.3, 0.4) is 0 Å². The Morgan fingerprint density at radius 3 is 2.75 bits per heavy atom. The molecule has 146 valence electrons. The Morgan fingerprint density at radius 1 is 1.29 bits per heavy atom. The van der Waals surface area contributed by atoms with E-state index in [9.17, 15) is 9.90 Å². The lowest BCUT2D eigenvalue weighted by atomic mass is 10.1. The van der Waals surface area contributed by atoms with E-state index in [0.29, 0.717) is 17.3 Å². The number of benzene rings is 1. The summed E-state index contributed by atoms with van der Waals surface area (Å²) in [5, 5.41) is 13.4. The highest BCUT2D eigenvalue weighted by molar-refractivity contribution is 6.30. The third kappa shape index (κ3) is 5.31. The first kappa shape index (κ1) is 19.9. The fourth-order valence-electron chi connectivity index (χ4n) is 2.63. The summed E-state index contributed by atoms with van der Waals surface area (Å²) in [5.74, 6) is 0.116. The number of carbonyl (C=O) groups is 1. The largest absolute Gasteiger partial charge is 0.478 e. The van der Waals surface area contributed by atoms with Crippen LogP contribution in [0.2, 0.25) is 5.02 Å². The van der Waals surface area contributed by atoms with Gasteiger partial charge in [-0.1, -0.05) is 29.8 Å². The van der Waals surface area contributed by atoms with Crippen LogP contribution in [0.15, 0.2) is 55.0 Å². The lowest BCUT2D eigenvalue weighted by Gasteiger charge is -2.21. The summed E-state index contributed by atoms with van der Waals surface area (Å²) in [6.45, 7) is 1.91. The van der Waals surface area contributed by atoms with Crippen LogP contribution in [-0.4, -0.2) is 44.7 Å². The second-order valence-electron chi connectivity index (χ2n) is 6.28. The standard InChI is InChI=1S/C20H21ClN4O3/c1-13(26)16(25-20(27)18-11-22-12-23-18)9-10-28-19-4-2-3-17(24-19)14-5-7-15(21)8-6-14/h2-8,11-13,16,26H,9-10H2,1H3,(H,22,23)(H,25,27)/t13-,16+/m0/s1. The molecule has 1 aromatic carbocycles. The second-order valence-corrected chi connectivity index (χ2v) is 6.72. The number of rotatable bonds is 8. The van der Waals surface area contributed by atoms with Crippen molar-refractivity contribution in [2.75, 3.05) is 6.61 Å². The van der Waals surface area contributed by atoms with Gasteiger partial charge in [-0.2, -0.15) is 0 Å². The zero-order valence-electron chi connectivity index (χ0n) is 15.3. The van der Waals surface area contributed by atoms with Gasteiger partial charge in [0.2, 0.25) is 5.88 Å². The minimum absolute atomic E-state index is 0.268. The first-order chi connectivity index (χ1) is 13.5. The van der Waals surface area contributed by atoms with E-state index in [0.717, 1.165) is 11.3 Å². The normalized spacial score (nSPS) is 13.0. The topological polar surface area (TPSA) is 100 Å². The lowest BCUT2D eigenvalue weighted by Crippen LogP contribution is -2.43. The van der Waals surface area contributed by atoms with E-state index < -0.39 is 12.1 Å². The maximum Gasteiger partial charge on any atom is 0.271 e. The van der Waals surface area contributed by atoms with E-state index in [4.69, 9.17) is 16.3 Å². The van der Waals surface area contributed by atoms with Crippen LogP contribution in [0, 0.1) is 0 Å². The molecule has 0 saturated heterocycles. The molecule has 0 spiro atoms. The van der Waals surface area contributed by atoms with E-state index in [1.54, 1.807) is 25.1 Å². The van der Waals surface area contributed by atoms with Gasteiger partial charge < -0.3 is 20.1 Å². The third-order valence-corrected chi connectivity index (χ3v) is 4.42. The number of aromatic amines is 1. The number of nitrogens with zero attached hydrogens (tertiary/aromatic N) is 2. The van der Waals surface area contributed by atoms with Crippen molar-refractivity contribution >= 4 is 17.5 Å². The molecule has 2 heterocycles.